The summed E-state index contributed by atoms with van der Waals surface area (Å²) in [5.74, 6) is -1.43. The molecular weight excluding hydrogens is 168 g/mol. The first kappa shape index (κ1) is 8.56. The number of aliphatic hydroxyl groups excluding tert-OH is 1. The van der Waals surface area contributed by atoms with E-state index in [-0.39, 0.29) is 0 Å². The molecule has 3 unspecified atom stereocenters. The van der Waals surface area contributed by atoms with Crippen LogP contribution in [0.1, 0.15) is 6.42 Å². The third-order valence-electron chi connectivity index (χ3n) is 1.71. The maximum absolute atomic E-state index is 10.4. The predicted octanol–water partition coefficient (Wildman–Crippen LogP) is 0.615. The Balaban J connectivity index is 2.63. The second-order valence-electron chi connectivity index (χ2n) is 2.57. The molecule has 1 aliphatic carbocycles. The molecular formula is C7H9ClO3. The summed E-state index contributed by atoms with van der Waals surface area (Å²) < 4.78 is 0. The zero-order valence-electron chi connectivity index (χ0n) is 5.77. The van der Waals surface area contributed by atoms with Crippen molar-refractivity contribution in [3.8, 4) is 0 Å². The molecule has 1 rings (SSSR count). The molecule has 0 amide bonds. The van der Waals surface area contributed by atoms with Crippen molar-refractivity contribution < 1.29 is 15.0 Å². The van der Waals surface area contributed by atoms with Gasteiger partial charge < -0.3 is 10.2 Å². The van der Waals surface area contributed by atoms with Crippen molar-refractivity contribution in [1.82, 2.24) is 0 Å². The first-order valence-electron chi connectivity index (χ1n) is 3.34. The van der Waals surface area contributed by atoms with E-state index in [1.807, 2.05) is 0 Å². The third kappa shape index (κ3) is 1.94. The topological polar surface area (TPSA) is 57.5 Å². The molecule has 0 bridgehead atoms. The zero-order chi connectivity index (χ0) is 8.43. The van der Waals surface area contributed by atoms with Crippen molar-refractivity contribution in [2.45, 2.75) is 17.9 Å². The number of carboxylic acid groups (broad SMARTS) is 1. The molecule has 1 aliphatic rings. The summed E-state index contributed by atoms with van der Waals surface area (Å²) in [5, 5.41) is 17.1. The Morgan fingerprint density at radius 3 is 2.64 bits per heavy atom. The molecule has 3 nitrogen and oxygen atoms in total. The third-order valence-corrected chi connectivity index (χ3v) is 2.14. The summed E-state index contributed by atoms with van der Waals surface area (Å²) in [4.78, 5) is 10.4. The summed E-state index contributed by atoms with van der Waals surface area (Å²) in [7, 11) is 0. The molecule has 3 atom stereocenters. The fourth-order valence-corrected chi connectivity index (χ4v) is 1.29. The quantitative estimate of drug-likeness (QED) is 0.455. The molecule has 2 N–H and O–H groups in total. The van der Waals surface area contributed by atoms with Crippen LogP contribution in [0.3, 0.4) is 0 Å². The second kappa shape index (κ2) is 3.24. The lowest BCUT2D eigenvalue weighted by Gasteiger charge is -2.21. The standard InChI is InChI=1S/C7H9ClO3/c8-5-3-4(7(10)11)1-2-6(5)9/h1-2,4-6,9H,3H2,(H,10,11). The van der Waals surface area contributed by atoms with Crippen LogP contribution in [0.2, 0.25) is 0 Å². The number of carboxylic acids is 1. The van der Waals surface area contributed by atoms with Crippen LogP contribution in [0.4, 0.5) is 0 Å². The average Bonchev–Trinajstić information content (AvgIpc) is 1.94. The molecule has 0 aliphatic heterocycles. The summed E-state index contributed by atoms with van der Waals surface area (Å²) in [5.41, 5.74) is 0. The average molecular weight is 177 g/mol. The van der Waals surface area contributed by atoms with Crippen LogP contribution in [-0.4, -0.2) is 27.7 Å². The number of carbonyl (C=O) groups is 1. The minimum atomic E-state index is -0.890. The number of halogens is 1. The van der Waals surface area contributed by atoms with Gasteiger partial charge in [0.15, 0.2) is 0 Å². The Morgan fingerprint density at radius 1 is 1.55 bits per heavy atom. The van der Waals surface area contributed by atoms with Crippen LogP contribution in [-0.2, 0) is 4.79 Å². The van der Waals surface area contributed by atoms with Gasteiger partial charge in [-0.2, -0.15) is 0 Å². The van der Waals surface area contributed by atoms with Gasteiger partial charge in [0.2, 0.25) is 0 Å². The van der Waals surface area contributed by atoms with Crippen LogP contribution in [0.5, 0.6) is 0 Å². The van der Waals surface area contributed by atoms with Gasteiger partial charge in [0.25, 0.3) is 0 Å². The maximum Gasteiger partial charge on any atom is 0.310 e. The Morgan fingerprint density at radius 2 is 2.18 bits per heavy atom. The van der Waals surface area contributed by atoms with Crippen LogP contribution in [0.25, 0.3) is 0 Å². The zero-order valence-corrected chi connectivity index (χ0v) is 6.53. The van der Waals surface area contributed by atoms with Gasteiger partial charge in [0, 0.05) is 0 Å². The molecule has 0 radical (unpaired) electrons. The lowest BCUT2D eigenvalue weighted by molar-refractivity contribution is -0.140. The molecule has 4 heteroatoms. The molecule has 0 spiro atoms. The lowest BCUT2D eigenvalue weighted by Crippen LogP contribution is -2.28. The number of rotatable bonds is 1. The van der Waals surface area contributed by atoms with Gasteiger partial charge in [-0.1, -0.05) is 12.2 Å². The van der Waals surface area contributed by atoms with E-state index in [9.17, 15) is 4.79 Å². The van der Waals surface area contributed by atoms with E-state index in [1.54, 1.807) is 0 Å². The summed E-state index contributed by atoms with van der Waals surface area (Å²) in [6.07, 6.45) is 2.51. The van der Waals surface area contributed by atoms with Crippen molar-refractivity contribution in [2.24, 2.45) is 5.92 Å². The lowest BCUT2D eigenvalue weighted by atomic mass is 9.94. The highest BCUT2D eigenvalue weighted by Crippen LogP contribution is 2.22. The summed E-state index contributed by atoms with van der Waals surface area (Å²) >= 11 is 5.64. The second-order valence-corrected chi connectivity index (χ2v) is 3.13. The normalized spacial score (nSPS) is 37.1. The summed E-state index contributed by atoms with van der Waals surface area (Å²) in [6, 6.07) is 0. The highest BCUT2D eigenvalue weighted by Gasteiger charge is 2.26. The molecule has 0 aromatic carbocycles. The van der Waals surface area contributed by atoms with Gasteiger partial charge in [-0.3, -0.25) is 4.79 Å². The largest absolute Gasteiger partial charge is 0.481 e. The highest BCUT2D eigenvalue weighted by molar-refractivity contribution is 6.21. The van der Waals surface area contributed by atoms with E-state index in [1.165, 1.54) is 12.2 Å². The Labute approximate surface area is 69.3 Å². The number of aliphatic carboxylic acids is 1. The van der Waals surface area contributed by atoms with Gasteiger partial charge >= 0.3 is 5.97 Å². The van der Waals surface area contributed by atoms with Gasteiger partial charge in [0.1, 0.15) is 0 Å². The molecule has 0 saturated heterocycles. The number of hydrogen-bond acceptors (Lipinski definition) is 2. The van der Waals surface area contributed by atoms with E-state index in [0.29, 0.717) is 6.42 Å². The van der Waals surface area contributed by atoms with Crippen LogP contribution >= 0.6 is 11.6 Å². The SMILES string of the molecule is O=C(O)C1C=CC(O)C(Cl)C1. The van der Waals surface area contributed by atoms with Crippen LogP contribution in [0.15, 0.2) is 12.2 Å². The molecule has 0 heterocycles. The minimum absolute atomic E-state index is 0.300. The smallest absolute Gasteiger partial charge is 0.310 e. The molecule has 11 heavy (non-hydrogen) atoms. The highest BCUT2D eigenvalue weighted by atomic mass is 35.5. The number of hydrogen-bond donors (Lipinski definition) is 2. The van der Waals surface area contributed by atoms with Gasteiger partial charge in [-0.05, 0) is 6.42 Å². The Bertz CT molecular complexity index is 190. The number of alkyl halides is 1. The van der Waals surface area contributed by atoms with Crippen molar-refractivity contribution in [3.63, 3.8) is 0 Å². The monoisotopic (exact) mass is 176 g/mol. The fourth-order valence-electron chi connectivity index (χ4n) is 1.01. The van der Waals surface area contributed by atoms with Crippen LogP contribution in [0, 0.1) is 5.92 Å². The molecule has 0 saturated carbocycles. The summed E-state index contributed by atoms with van der Waals surface area (Å²) in [6.45, 7) is 0. The van der Waals surface area contributed by atoms with Crippen molar-refractivity contribution in [1.29, 1.82) is 0 Å². The minimum Gasteiger partial charge on any atom is -0.481 e. The van der Waals surface area contributed by atoms with Crippen molar-refractivity contribution >= 4 is 17.6 Å². The van der Waals surface area contributed by atoms with Gasteiger partial charge in [-0.25, -0.2) is 0 Å². The van der Waals surface area contributed by atoms with E-state index in [2.05, 4.69) is 0 Å². The van der Waals surface area contributed by atoms with Crippen molar-refractivity contribution in [2.75, 3.05) is 0 Å². The van der Waals surface area contributed by atoms with Gasteiger partial charge in [0.05, 0.1) is 17.4 Å². The first-order valence-corrected chi connectivity index (χ1v) is 3.78. The first-order chi connectivity index (χ1) is 5.11. The molecule has 0 aromatic rings. The Hall–Kier alpha value is -0.540. The van der Waals surface area contributed by atoms with E-state index in [0.717, 1.165) is 0 Å². The van der Waals surface area contributed by atoms with Crippen molar-refractivity contribution in [3.05, 3.63) is 12.2 Å². The van der Waals surface area contributed by atoms with E-state index in [4.69, 9.17) is 21.8 Å². The number of aliphatic hydroxyl groups is 1. The fraction of sp³-hybridized carbons (Fsp3) is 0.571. The molecule has 62 valence electrons. The van der Waals surface area contributed by atoms with Crippen LogP contribution < -0.4 is 0 Å². The Kier molecular flexibility index (Phi) is 2.52. The molecule has 0 aromatic heterocycles. The predicted molar refractivity (Wildman–Crippen MR) is 40.5 cm³/mol. The van der Waals surface area contributed by atoms with Gasteiger partial charge in [-0.15, -0.1) is 11.6 Å². The molecule has 0 fully saturated rings. The van der Waals surface area contributed by atoms with E-state index >= 15 is 0 Å². The van der Waals surface area contributed by atoms with E-state index < -0.39 is 23.4 Å². The maximum atomic E-state index is 10.4.